The molecule has 132 valence electrons. The number of aryl methyl sites for hydroxylation is 1. The number of thioether (sulfide) groups is 1. The van der Waals surface area contributed by atoms with Crippen molar-refractivity contribution in [3.05, 3.63) is 65.7 Å². The molecule has 3 rings (SSSR count). The number of carbonyl (C=O) groups is 1. The first kappa shape index (κ1) is 18.0. The average Bonchev–Trinajstić information content (AvgIpc) is 2.68. The summed E-state index contributed by atoms with van der Waals surface area (Å²) in [5.41, 5.74) is 1.97. The Hall–Kier alpha value is -1.78. The van der Waals surface area contributed by atoms with Gasteiger partial charge in [-0.25, -0.2) is 0 Å². The average molecular weight is 356 g/mol. The Kier molecular flexibility index (Phi) is 6.16. The van der Waals surface area contributed by atoms with E-state index in [0.717, 1.165) is 38.0 Å². The van der Waals surface area contributed by atoms with E-state index >= 15 is 0 Å². The highest BCUT2D eigenvalue weighted by Gasteiger charge is 2.34. The minimum atomic E-state index is -0.00137. The molecule has 2 aromatic rings. The molecular formula is C21H25NO2S. The normalized spacial score (nSPS) is 16.4. The molecule has 0 radical (unpaired) electrons. The number of rotatable bonds is 6. The van der Waals surface area contributed by atoms with Gasteiger partial charge in [0.15, 0.2) is 0 Å². The van der Waals surface area contributed by atoms with E-state index in [1.807, 2.05) is 42.1 Å². The van der Waals surface area contributed by atoms with Gasteiger partial charge < -0.3 is 10.1 Å². The van der Waals surface area contributed by atoms with Crippen molar-refractivity contribution in [2.24, 2.45) is 0 Å². The number of amides is 1. The van der Waals surface area contributed by atoms with E-state index in [2.05, 4.69) is 36.5 Å². The van der Waals surface area contributed by atoms with Crippen LogP contribution in [0.4, 0.5) is 0 Å². The van der Waals surface area contributed by atoms with Crippen molar-refractivity contribution in [1.82, 2.24) is 5.32 Å². The van der Waals surface area contributed by atoms with Crippen molar-refractivity contribution in [2.75, 3.05) is 19.8 Å². The van der Waals surface area contributed by atoms with Crippen LogP contribution in [0.3, 0.4) is 0 Å². The van der Waals surface area contributed by atoms with Gasteiger partial charge in [-0.2, -0.15) is 0 Å². The number of nitrogens with one attached hydrogen (secondary N) is 1. The molecule has 1 saturated heterocycles. The summed E-state index contributed by atoms with van der Waals surface area (Å²) in [7, 11) is 0. The fourth-order valence-corrected chi connectivity index (χ4v) is 4.34. The molecule has 2 aromatic carbocycles. The van der Waals surface area contributed by atoms with E-state index in [4.69, 9.17) is 4.74 Å². The Bertz CT molecular complexity index is 679. The van der Waals surface area contributed by atoms with Crippen molar-refractivity contribution < 1.29 is 9.53 Å². The van der Waals surface area contributed by atoms with Gasteiger partial charge in [-0.3, -0.25) is 4.79 Å². The molecule has 1 amide bonds. The topological polar surface area (TPSA) is 38.3 Å². The van der Waals surface area contributed by atoms with Gasteiger partial charge >= 0.3 is 0 Å². The monoisotopic (exact) mass is 355 g/mol. The van der Waals surface area contributed by atoms with Gasteiger partial charge in [-0.1, -0.05) is 37.3 Å². The molecule has 0 unspecified atom stereocenters. The van der Waals surface area contributed by atoms with E-state index in [9.17, 15) is 4.79 Å². The maximum Gasteiger partial charge on any atom is 0.251 e. The summed E-state index contributed by atoms with van der Waals surface area (Å²) < 4.78 is 5.55. The highest BCUT2D eigenvalue weighted by molar-refractivity contribution is 8.00. The van der Waals surface area contributed by atoms with Crippen LogP contribution < -0.4 is 5.32 Å². The minimum absolute atomic E-state index is 0.00137. The quantitative estimate of drug-likeness (QED) is 0.839. The number of ether oxygens (including phenoxy) is 1. The van der Waals surface area contributed by atoms with Crippen molar-refractivity contribution in [1.29, 1.82) is 0 Å². The molecular weight excluding hydrogens is 330 g/mol. The minimum Gasteiger partial charge on any atom is -0.381 e. The van der Waals surface area contributed by atoms with E-state index in [1.54, 1.807) is 0 Å². The molecule has 0 aromatic heterocycles. The van der Waals surface area contributed by atoms with Gasteiger partial charge in [-0.05, 0) is 49.1 Å². The molecule has 25 heavy (non-hydrogen) atoms. The predicted molar refractivity (Wildman–Crippen MR) is 103 cm³/mol. The van der Waals surface area contributed by atoms with Crippen molar-refractivity contribution in [3.8, 4) is 0 Å². The fourth-order valence-electron chi connectivity index (χ4n) is 3.03. The lowest BCUT2D eigenvalue weighted by atomic mass is 9.98. The maximum absolute atomic E-state index is 12.5. The molecule has 0 spiro atoms. The van der Waals surface area contributed by atoms with Crippen LogP contribution in [0.1, 0.15) is 35.7 Å². The second-order valence-electron chi connectivity index (χ2n) is 6.44. The van der Waals surface area contributed by atoms with Crippen LogP contribution in [0.15, 0.2) is 59.5 Å². The number of benzene rings is 2. The van der Waals surface area contributed by atoms with Gasteiger partial charge in [0.05, 0.1) is 0 Å². The van der Waals surface area contributed by atoms with E-state index in [0.29, 0.717) is 6.54 Å². The highest BCUT2D eigenvalue weighted by Crippen LogP contribution is 2.40. The van der Waals surface area contributed by atoms with Crippen LogP contribution in [-0.4, -0.2) is 30.4 Å². The van der Waals surface area contributed by atoms with Crippen molar-refractivity contribution >= 4 is 17.7 Å². The van der Waals surface area contributed by atoms with Crippen LogP contribution in [0.25, 0.3) is 0 Å². The maximum atomic E-state index is 12.5. The van der Waals surface area contributed by atoms with E-state index in [1.165, 1.54) is 10.5 Å². The number of hydrogen-bond donors (Lipinski definition) is 1. The van der Waals surface area contributed by atoms with E-state index < -0.39 is 0 Å². The summed E-state index contributed by atoms with van der Waals surface area (Å²) in [6.45, 7) is 4.27. The first-order valence-electron chi connectivity index (χ1n) is 8.90. The highest BCUT2D eigenvalue weighted by atomic mass is 32.2. The molecule has 3 nitrogen and oxygen atoms in total. The smallest absolute Gasteiger partial charge is 0.251 e. The zero-order valence-electron chi connectivity index (χ0n) is 14.7. The van der Waals surface area contributed by atoms with Crippen LogP contribution in [-0.2, 0) is 11.2 Å². The largest absolute Gasteiger partial charge is 0.381 e. The lowest BCUT2D eigenvalue weighted by molar-refractivity contribution is 0.0741. The Morgan fingerprint density at radius 3 is 2.40 bits per heavy atom. The predicted octanol–water partition coefficient (Wildman–Crippen LogP) is 4.32. The summed E-state index contributed by atoms with van der Waals surface area (Å²) in [6.07, 6.45) is 2.88. The molecule has 1 aliphatic heterocycles. The third-order valence-electron chi connectivity index (χ3n) is 4.68. The van der Waals surface area contributed by atoms with Crippen LogP contribution >= 0.6 is 11.8 Å². The first-order valence-corrected chi connectivity index (χ1v) is 9.71. The fraction of sp³-hybridized carbons (Fsp3) is 0.381. The van der Waals surface area contributed by atoms with Gasteiger partial charge in [0.2, 0.25) is 0 Å². The number of hydrogen-bond acceptors (Lipinski definition) is 3. The Morgan fingerprint density at radius 2 is 1.76 bits per heavy atom. The molecule has 0 atom stereocenters. The second-order valence-corrected chi connectivity index (χ2v) is 7.99. The van der Waals surface area contributed by atoms with Crippen molar-refractivity contribution in [2.45, 2.75) is 35.8 Å². The van der Waals surface area contributed by atoms with Crippen LogP contribution in [0.2, 0.25) is 0 Å². The molecule has 0 aliphatic carbocycles. The molecule has 0 bridgehead atoms. The van der Waals surface area contributed by atoms with Crippen LogP contribution in [0, 0.1) is 0 Å². The van der Waals surface area contributed by atoms with Gasteiger partial charge in [-0.15, -0.1) is 11.8 Å². The lowest BCUT2D eigenvalue weighted by Gasteiger charge is -2.36. The summed E-state index contributed by atoms with van der Waals surface area (Å²) in [4.78, 5) is 13.8. The zero-order chi connectivity index (χ0) is 17.5. The second kappa shape index (κ2) is 8.54. The Balaban J connectivity index is 1.66. The summed E-state index contributed by atoms with van der Waals surface area (Å²) in [6, 6.07) is 18.3. The molecule has 0 saturated carbocycles. The standard InChI is InChI=1S/C21H25NO2S/c1-2-17-8-10-18(11-9-17)20(23)22-16-21(12-14-24-15-13-21)25-19-6-4-3-5-7-19/h3-11H,2,12-16H2,1H3,(H,22,23). The SMILES string of the molecule is CCc1ccc(C(=O)NCC2(Sc3ccccc3)CCOCC2)cc1. The lowest BCUT2D eigenvalue weighted by Crippen LogP contribution is -2.44. The third-order valence-corrected chi connectivity index (χ3v) is 6.17. The third kappa shape index (κ3) is 4.86. The summed E-state index contributed by atoms with van der Waals surface area (Å²) >= 11 is 1.86. The first-order chi connectivity index (χ1) is 12.2. The summed E-state index contributed by atoms with van der Waals surface area (Å²) in [5, 5.41) is 3.15. The summed E-state index contributed by atoms with van der Waals surface area (Å²) in [5.74, 6) is 0.00202. The van der Waals surface area contributed by atoms with Gasteiger partial charge in [0, 0.05) is 35.0 Å². The van der Waals surface area contributed by atoms with Crippen molar-refractivity contribution in [3.63, 3.8) is 0 Å². The van der Waals surface area contributed by atoms with E-state index in [-0.39, 0.29) is 10.7 Å². The molecule has 1 aliphatic rings. The molecule has 1 heterocycles. The van der Waals surface area contributed by atoms with Gasteiger partial charge in [0.25, 0.3) is 5.91 Å². The van der Waals surface area contributed by atoms with Gasteiger partial charge in [0.1, 0.15) is 0 Å². The Morgan fingerprint density at radius 1 is 1.08 bits per heavy atom. The zero-order valence-corrected chi connectivity index (χ0v) is 15.5. The Labute approximate surface area is 154 Å². The molecule has 1 fully saturated rings. The van der Waals surface area contributed by atoms with Crippen LogP contribution in [0.5, 0.6) is 0 Å². The molecule has 1 N–H and O–H groups in total. The molecule has 4 heteroatoms. The number of carbonyl (C=O) groups excluding carboxylic acids is 1.